The highest BCUT2D eigenvalue weighted by Gasteiger charge is 2.33. The number of benzene rings is 2. The number of imidazole rings is 1. The molecule has 2 fully saturated rings. The number of aliphatic carboxylic acids is 1. The van der Waals surface area contributed by atoms with Crippen molar-refractivity contribution in [2.45, 2.75) is 38.1 Å². The van der Waals surface area contributed by atoms with Crippen LogP contribution < -0.4 is 21.0 Å². The summed E-state index contributed by atoms with van der Waals surface area (Å²) in [4.78, 5) is 43.1. The van der Waals surface area contributed by atoms with Crippen molar-refractivity contribution in [1.82, 2.24) is 14.5 Å². The fourth-order valence-corrected chi connectivity index (χ4v) is 6.14. The number of aromatic nitrogens is 2. The number of hydrogen-bond donors (Lipinski definition) is 3. The van der Waals surface area contributed by atoms with Gasteiger partial charge in [-0.3, -0.25) is 4.57 Å². The molecule has 0 spiro atoms. The van der Waals surface area contributed by atoms with Gasteiger partial charge in [-0.15, -0.1) is 0 Å². The van der Waals surface area contributed by atoms with Crippen LogP contribution in [0.3, 0.4) is 0 Å². The predicted octanol–water partition coefficient (Wildman–Crippen LogP) is 1.25. The van der Waals surface area contributed by atoms with E-state index in [1.807, 2.05) is 64.1 Å². The van der Waals surface area contributed by atoms with Crippen LogP contribution in [-0.2, 0) is 4.79 Å². The third-order valence-electron chi connectivity index (χ3n) is 8.15. The summed E-state index contributed by atoms with van der Waals surface area (Å²) in [6.45, 7) is 3.96. The number of amides is 2. The second kappa shape index (κ2) is 11.2. The lowest BCUT2D eigenvalue weighted by molar-refractivity contribution is -0.906. The van der Waals surface area contributed by atoms with Crippen LogP contribution in [0, 0.1) is 11.8 Å². The quantitative estimate of drug-likeness (QED) is 0.448. The zero-order valence-electron chi connectivity index (χ0n) is 21.0. The average molecular weight is 506 g/mol. The highest BCUT2D eigenvalue weighted by atomic mass is 16.4. The maximum absolute atomic E-state index is 12.9. The highest BCUT2D eigenvalue weighted by Crippen LogP contribution is 2.29. The van der Waals surface area contributed by atoms with Gasteiger partial charge in [0.15, 0.2) is 0 Å². The monoisotopic (exact) mass is 505 g/mol. The molecule has 2 saturated heterocycles. The van der Waals surface area contributed by atoms with E-state index in [9.17, 15) is 19.5 Å². The molecule has 196 valence electrons. The van der Waals surface area contributed by atoms with Crippen molar-refractivity contribution in [3.63, 3.8) is 0 Å². The number of piperidine rings is 2. The van der Waals surface area contributed by atoms with Crippen molar-refractivity contribution < 1.29 is 19.6 Å². The molecule has 0 unspecified atom stereocenters. The molecule has 0 saturated carbocycles. The smallest absolute Gasteiger partial charge is 0.326 e. The van der Waals surface area contributed by atoms with E-state index >= 15 is 0 Å². The van der Waals surface area contributed by atoms with Crippen molar-refractivity contribution in [1.29, 1.82) is 0 Å². The summed E-state index contributed by atoms with van der Waals surface area (Å²) in [6.07, 6.45) is 3.42. The van der Waals surface area contributed by atoms with Crippen molar-refractivity contribution in [2.24, 2.45) is 11.8 Å². The number of carboxylic acid groups (broad SMARTS) is 1. The number of anilines is 1. The third kappa shape index (κ3) is 5.88. The number of nitrogens with one attached hydrogen (secondary N) is 3. The SMILES string of the molecule is O=C([O-])C[C@@H]1CCN(C(=O)Nc2ccccc2)C[C@@H]1CC[NH+]1CCC(n2c(=O)[nH]c3ccccc32)CC1. The van der Waals surface area contributed by atoms with Gasteiger partial charge in [-0.05, 0) is 48.9 Å². The number of carbonyl (C=O) groups is 2. The summed E-state index contributed by atoms with van der Waals surface area (Å²) in [5, 5.41) is 14.4. The summed E-state index contributed by atoms with van der Waals surface area (Å²) < 4.78 is 1.91. The topological polar surface area (TPSA) is 115 Å². The van der Waals surface area contributed by atoms with E-state index in [-0.39, 0.29) is 36.0 Å². The fourth-order valence-electron chi connectivity index (χ4n) is 6.14. The van der Waals surface area contributed by atoms with Crippen LogP contribution in [0.25, 0.3) is 11.0 Å². The molecule has 0 aliphatic carbocycles. The maximum Gasteiger partial charge on any atom is 0.326 e. The Morgan fingerprint density at radius 3 is 2.49 bits per heavy atom. The van der Waals surface area contributed by atoms with Crippen LogP contribution in [-0.4, -0.2) is 59.2 Å². The number of carboxylic acids is 1. The standard InChI is InChI=1S/C28H35N5O4/c34-26(35)18-20-11-17-32(27(36)29-22-6-2-1-3-7-22)19-21(20)10-14-31-15-12-23(13-16-31)33-25-9-5-4-8-24(25)30-28(33)37/h1-9,20-21,23H,10-19H2,(H,29,36)(H,30,37)(H,34,35)/t20-,21-/m0/s1. The Morgan fingerprint density at radius 1 is 1.00 bits per heavy atom. The molecule has 3 N–H and O–H groups in total. The number of aromatic amines is 1. The van der Waals surface area contributed by atoms with Gasteiger partial charge in [-0.25, -0.2) is 9.59 Å². The maximum atomic E-state index is 12.9. The summed E-state index contributed by atoms with van der Waals surface area (Å²) >= 11 is 0. The van der Waals surface area contributed by atoms with Crippen LogP contribution in [0.2, 0.25) is 0 Å². The summed E-state index contributed by atoms with van der Waals surface area (Å²) in [7, 11) is 0. The number of H-pyrrole nitrogens is 1. The molecule has 0 radical (unpaired) electrons. The Kier molecular flexibility index (Phi) is 7.60. The number of urea groups is 1. The molecule has 2 aliphatic rings. The number of hydrogen-bond acceptors (Lipinski definition) is 4. The Hall–Kier alpha value is -3.59. The Balaban J connectivity index is 1.17. The third-order valence-corrected chi connectivity index (χ3v) is 8.15. The minimum atomic E-state index is -1.02. The molecule has 2 atom stereocenters. The molecule has 3 heterocycles. The van der Waals surface area contributed by atoms with Crippen LogP contribution in [0.15, 0.2) is 59.4 Å². The van der Waals surface area contributed by atoms with Gasteiger partial charge in [0.05, 0.1) is 30.7 Å². The Bertz CT molecular complexity index is 1280. The highest BCUT2D eigenvalue weighted by molar-refractivity contribution is 5.89. The number of quaternary nitrogens is 1. The Labute approximate surface area is 216 Å². The van der Waals surface area contributed by atoms with E-state index in [4.69, 9.17) is 0 Å². The normalized spacial score (nSPS) is 24.2. The van der Waals surface area contributed by atoms with Gasteiger partial charge < -0.3 is 30.0 Å². The second-order valence-electron chi connectivity index (χ2n) is 10.5. The van der Waals surface area contributed by atoms with Gasteiger partial charge in [-0.2, -0.15) is 0 Å². The predicted molar refractivity (Wildman–Crippen MR) is 139 cm³/mol. The van der Waals surface area contributed by atoms with E-state index in [0.29, 0.717) is 19.5 Å². The molecular formula is C28H35N5O4. The second-order valence-corrected chi connectivity index (χ2v) is 10.5. The lowest BCUT2D eigenvalue weighted by Crippen LogP contribution is -3.13. The molecule has 3 aromatic rings. The zero-order chi connectivity index (χ0) is 25.8. The van der Waals surface area contributed by atoms with Crippen LogP contribution in [0.5, 0.6) is 0 Å². The van der Waals surface area contributed by atoms with Crippen molar-refractivity contribution in [2.75, 3.05) is 38.0 Å². The molecule has 9 heteroatoms. The molecular weight excluding hydrogens is 470 g/mol. The number of fused-ring (bicyclic) bond motifs is 1. The minimum absolute atomic E-state index is 0.0208. The number of rotatable bonds is 7. The number of para-hydroxylation sites is 3. The number of carbonyl (C=O) groups excluding carboxylic acids is 2. The molecule has 9 nitrogen and oxygen atoms in total. The van der Waals surface area contributed by atoms with Crippen molar-refractivity contribution in [3.05, 3.63) is 65.1 Å². The van der Waals surface area contributed by atoms with Gasteiger partial charge in [0.2, 0.25) is 0 Å². The molecule has 37 heavy (non-hydrogen) atoms. The number of nitrogens with zero attached hydrogens (tertiary/aromatic N) is 2. The van der Waals surface area contributed by atoms with Crippen molar-refractivity contribution >= 4 is 28.7 Å². The summed E-state index contributed by atoms with van der Waals surface area (Å²) in [5.41, 5.74) is 2.54. The first-order chi connectivity index (χ1) is 18.0. The molecule has 1 aromatic heterocycles. The minimum Gasteiger partial charge on any atom is -0.550 e. The van der Waals surface area contributed by atoms with E-state index in [0.717, 1.165) is 55.6 Å². The van der Waals surface area contributed by atoms with E-state index < -0.39 is 5.97 Å². The molecule has 2 aliphatic heterocycles. The summed E-state index contributed by atoms with van der Waals surface area (Å²) in [5.74, 6) is -0.878. The lowest BCUT2D eigenvalue weighted by atomic mass is 9.81. The van der Waals surface area contributed by atoms with Crippen LogP contribution in [0.4, 0.5) is 10.5 Å². The van der Waals surface area contributed by atoms with E-state index in [2.05, 4.69) is 10.3 Å². The van der Waals surface area contributed by atoms with E-state index in [1.165, 1.54) is 4.90 Å². The zero-order valence-corrected chi connectivity index (χ0v) is 21.0. The number of likely N-dealkylation sites (tertiary alicyclic amines) is 2. The Morgan fingerprint density at radius 2 is 1.73 bits per heavy atom. The summed E-state index contributed by atoms with van der Waals surface area (Å²) in [6, 6.07) is 17.2. The van der Waals surface area contributed by atoms with Gasteiger partial charge in [-0.1, -0.05) is 30.3 Å². The van der Waals surface area contributed by atoms with Crippen LogP contribution in [0.1, 0.15) is 38.1 Å². The first-order valence-corrected chi connectivity index (χ1v) is 13.3. The molecule has 0 bridgehead atoms. The average Bonchev–Trinajstić information content (AvgIpc) is 3.24. The molecule has 5 rings (SSSR count). The van der Waals surface area contributed by atoms with Gasteiger partial charge in [0, 0.05) is 50.1 Å². The van der Waals surface area contributed by atoms with Gasteiger partial charge in [0.1, 0.15) is 0 Å². The largest absolute Gasteiger partial charge is 0.550 e. The first kappa shape index (κ1) is 25.1. The molecule has 2 amide bonds. The first-order valence-electron chi connectivity index (χ1n) is 13.3. The van der Waals surface area contributed by atoms with Crippen LogP contribution >= 0.6 is 0 Å². The lowest BCUT2D eigenvalue weighted by Gasteiger charge is -2.39. The van der Waals surface area contributed by atoms with E-state index in [1.54, 1.807) is 0 Å². The fraction of sp³-hybridized carbons (Fsp3) is 0.464. The van der Waals surface area contributed by atoms with Crippen molar-refractivity contribution in [3.8, 4) is 0 Å². The van der Waals surface area contributed by atoms with Gasteiger partial charge in [0.25, 0.3) is 0 Å². The van der Waals surface area contributed by atoms with Gasteiger partial charge >= 0.3 is 11.7 Å². The molecule has 2 aromatic carbocycles.